The van der Waals surface area contributed by atoms with Gasteiger partial charge >= 0.3 is 6.03 Å². The quantitative estimate of drug-likeness (QED) is 0.882. The number of carbonyl (C=O) groups is 1. The summed E-state index contributed by atoms with van der Waals surface area (Å²) in [5.74, 6) is 0.766. The second-order valence-corrected chi connectivity index (χ2v) is 7.45. The molecule has 0 spiro atoms. The van der Waals surface area contributed by atoms with E-state index in [-0.39, 0.29) is 10.8 Å². The molecule has 7 heteroatoms. The third-order valence-electron chi connectivity index (χ3n) is 3.98. The Kier molecular flexibility index (Phi) is 4.56. The third kappa shape index (κ3) is 4.04. The lowest BCUT2D eigenvalue weighted by Gasteiger charge is -2.20. The highest BCUT2D eigenvalue weighted by Crippen LogP contribution is 2.51. The van der Waals surface area contributed by atoms with Gasteiger partial charge in [-0.2, -0.15) is 5.10 Å². The number of benzene rings is 1. The summed E-state index contributed by atoms with van der Waals surface area (Å²) in [5, 5.41) is 7.06. The first-order valence-corrected chi connectivity index (χ1v) is 8.46. The molecule has 3 rings (SSSR count). The van der Waals surface area contributed by atoms with E-state index in [1.54, 1.807) is 16.6 Å². The van der Waals surface area contributed by atoms with Crippen LogP contribution < -0.4 is 5.32 Å². The Morgan fingerprint density at radius 1 is 1.39 bits per heavy atom. The number of nitrogens with zero attached hydrogens (tertiary/aromatic N) is 4. The van der Waals surface area contributed by atoms with Crippen molar-refractivity contribution in [3.05, 3.63) is 42.5 Å². The van der Waals surface area contributed by atoms with Crippen LogP contribution in [0.1, 0.15) is 18.7 Å². The van der Waals surface area contributed by atoms with E-state index >= 15 is 0 Å². The van der Waals surface area contributed by atoms with Crippen molar-refractivity contribution in [2.75, 3.05) is 13.6 Å². The smallest absolute Gasteiger partial charge is 0.317 e. The van der Waals surface area contributed by atoms with Crippen molar-refractivity contribution in [1.82, 2.24) is 25.0 Å². The van der Waals surface area contributed by atoms with Gasteiger partial charge in [-0.1, -0.05) is 18.2 Å². The molecule has 1 heterocycles. The van der Waals surface area contributed by atoms with Crippen molar-refractivity contribution in [1.29, 1.82) is 0 Å². The van der Waals surface area contributed by atoms with Crippen LogP contribution in [-0.4, -0.2) is 44.0 Å². The van der Waals surface area contributed by atoms with Gasteiger partial charge in [0.1, 0.15) is 12.2 Å². The summed E-state index contributed by atoms with van der Waals surface area (Å²) < 4.78 is 1.83. The van der Waals surface area contributed by atoms with E-state index in [1.165, 1.54) is 11.2 Å². The number of amides is 2. The lowest BCUT2D eigenvalue weighted by molar-refractivity contribution is 0.205. The number of thioether (sulfide) groups is 1. The van der Waals surface area contributed by atoms with Crippen LogP contribution in [0.3, 0.4) is 0 Å². The minimum atomic E-state index is -0.0760. The maximum absolute atomic E-state index is 12.3. The predicted molar refractivity (Wildman–Crippen MR) is 90.1 cm³/mol. The van der Waals surface area contributed by atoms with Crippen molar-refractivity contribution in [3.8, 4) is 0 Å². The first kappa shape index (κ1) is 15.9. The van der Waals surface area contributed by atoms with Gasteiger partial charge in [0.25, 0.3) is 0 Å². The van der Waals surface area contributed by atoms with Crippen molar-refractivity contribution >= 4 is 17.8 Å². The average molecular weight is 331 g/mol. The van der Waals surface area contributed by atoms with Crippen LogP contribution in [0.25, 0.3) is 0 Å². The molecule has 1 saturated carbocycles. The maximum atomic E-state index is 12.3. The minimum Gasteiger partial charge on any atom is -0.337 e. The Bertz CT molecular complexity index is 668. The summed E-state index contributed by atoms with van der Waals surface area (Å²) in [7, 11) is 3.59. The normalized spacial score (nSPS) is 15.2. The summed E-state index contributed by atoms with van der Waals surface area (Å²) in [4.78, 5) is 19.3. The van der Waals surface area contributed by atoms with Crippen LogP contribution in [0.5, 0.6) is 0 Å². The minimum absolute atomic E-state index is 0.0760. The zero-order valence-electron chi connectivity index (χ0n) is 13.4. The van der Waals surface area contributed by atoms with Gasteiger partial charge in [0.05, 0.1) is 6.54 Å². The molecule has 1 N–H and O–H groups in total. The largest absolute Gasteiger partial charge is 0.337 e. The Morgan fingerprint density at radius 2 is 2.13 bits per heavy atom. The molecule has 6 nitrogen and oxygen atoms in total. The van der Waals surface area contributed by atoms with Crippen molar-refractivity contribution in [3.63, 3.8) is 0 Å². The van der Waals surface area contributed by atoms with E-state index in [4.69, 9.17) is 0 Å². The highest BCUT2D eigenvalue weighted by atomic mass is 32.2. The zero-order chi connectivity index (χ0) is 16.3. The third-order valence-corrected chi connectivity index (χ3v) is 5.47. The van der Waals surface area contributed by atoms with E-state index < -0.39 is 0 Å². The molecule has 0 radical (unpaired) electrons. The Labute approximate surface area is 140 Å². The summed E-state index contributed by atoms with van der Waals surface area (Å²) in [6.45, 7) is 1.13. The number of nitrogens with one attached hydrogen (secondary N) is 1. The first-order chi connectivity index (χ1) is 11.1. The van der Waals surface area contributed by atoms with Gasteiger partial charge < -0.3 is 10.2 Å². The van der Waals surface area contributed by atoms with Crippen LogP contribution in [0.15, 0.2) is 41.6 Å². The molecule has 0 saturated heterocycles. The van der Waals surface area contributed by atoms with Gasteiger partial charge in [-0.15, -0.1) is 11.8 Å². The van der Waals surface area contributed by atoms with Gasteiger partial charge in [0, 0.05) is 30.3 Å². The molecule has 122 valence electrons. The lowest BCUT2D eigenvalue weighted by atomic mass is 10.4. The Morgan fingerprint density at radius 3 is 2.74 bits per heavy atom. The van der Waals surface area contributed by atoms with E-state index in [0.717, 1.165) is 18.7 Å². The molecule has 1 aliphatic carbocycles. The van der Waals surface area contributed by atoms with Gasteiger partial charge in [-0.25, -0.2) is 9.78 Å². The number of urea groups is 1. The molecule has 23 heavy (non-hydrogen) atoms. The molecule has 1 aromatic heterocycles. The van der Waals surface area contributed by atoms with Crippen molar-refractivity contribution < 1.29 is 4.79 Å². The SMILES string of the molecule is CN(Cc1ncnn1C)C(=O)NCC1(Sc2ccccc2)CC1. The lowest BCUT2D eigenvalue weighted by Crippen LogP contribution is -2.40. The van der Waals surface area contributed by atoms with Crippen molar-refractivity contribution in [2.24, 2.45) is 7.05 Å². The van der Waals surface area contributed by atoms with Gasteiger partial charge in [0.15, 0.2) is 0 Å². The molecule has 0 bridgehead atoms. The molecule has 2 aromatic rings. The molecule has 0 aliphatic heterocycles. The predicted octanol–water partition coefficient (Wildman–Crippen LogP) is 2.28. The number of hydrogen-bond donors (Lipinski definition) is 1. The number of aromatic nitrogens is 3. The van der Waals surface area contributed by atoms with E-state index in [0.29, 0.717) is 13.1 Å². The van der Waals surface area contributed by atoms with Crippen LogP contribution in [0.4, 0.5) is 4.79 Å². The number of carbonyl (C=O) groups excluding carboxylic acids is 1. The standard InChI is InChI=1S/C16H21N5OS/c1-20(10-14-18-12-19-21(14)2)15(22)17-11-16(8-9-16)23-13-6-4-3-5-7-13/h3-7,12H,8-11H2,1-2H3,(H,17,22). The summed E-state index contributed by atoms with van der Waals surface area (Å²) in [6.07, 6.45) is 3.77. The highest BCUT2D eigenvalue weighted by Gasteiger charge is 2.44. The number of aryl methyl sites for hydroxylation is 1. The fraction of sp³-hybridized carbons (Fsp3) is 0.438. The number of hydrogen-bond acceptors (Lipinski definition) is 4. The van der Waals surface area contributed by atoms with E-state index in [1.807, 2.05) is 37.0 Å². The van der Waals surface area contributed by atoms with Gasteiger partial charge in [-0.05, 0) is 25.0 Å². The molecule has 0 unspecified atom stereocenters. The zero-order valence-corrected chi connectivity index (χ0v) is 14.2. The fourth-order valence-electron chi connectivity index (χ4n) is 2.31. The van der Waals surface area contributed by atoms with Crippen LogP contribution >= 0.6 is 11.8 Å². The second-order valence-electron chi connectivity index (χ2n) is 5.91. The molecular formula is C16H21N5OS. The average Bonchev–Trinajstić information content (AvgIpc) is 3.20. The first-order valence-electron chi connectivity index (χ1n) is 7.64. The van der Waals surface area contributed by atoms with Gasteiger partial charge in [-0.3, -0.25) is 4.68 Å². The molecular weight excluding hydrogens is 310 g/mol. The van der Waals surface area contributed by atoms with Gasteiger partial charge in [0.2, 0.25) is 0 Å². The van der Waals surface area contributed by atoms with Crippen molar-refractivity contribution in [2.45, 2.75) is 29.0 Å². The Hall–Kier alpha value is -2.02. The monoisotopic (exact) mass is 331 g/mol. The maximum Gasteiger partial charge on any atom is 0.317 e. The van der Waals surface area contributed by atoms with Crippen LogP contribution in [0.2, 0.25) is 0 Å². The molecule has 1 fully saturated rings. The second kappa shape index (κ2) is 6.62. The van der Waals surface area contributed by atoms with E-state index in [2.05, 4.69) is 27.5 Å². The van der Waals surface area contributed by atoms with E-state index in [9.17, 15) is 4.79 Å². The van der Waals surface area contributed by atoms with Crippen LogP contribution in [0, 0.1) is 0 Å². The summed E-state index contributed by atoms with van der Waals surface area (Å²) >= 11 is 1.86. The summed E-state index contributed by atoms with van der Waals surface area (Å²) in [6, 6.07) is 10.3. The molecule has 1 aliphatic rings. The molecule has 0 atom stereocenters. The molecule has 1 aromatic carbocycles. The Balaban J connectivity index is 1.49. The highest BCUT2D eigenvalue weighted by molar-refractivity contribution is 8.01. The van der Waals surface area contributed by atoms with Crippen LogP contribution in [-0.2, 0) is 13.6 Å². The molecule has 2 amide bonds. The number of rotatable bonds is 6. The topological polar surface area (TPSA) is 63.1 Å². The fourth-order valence-corrected chi connectivity index (χ4v) is 3.56. The summed E-state index contributed by atoms with van der Waals surface area (Å²) in [5.41, 5.74) is 0.